The number of sulfonamides is 3. The van der Waals surface area contributed by atoms with Gasteiger partial charge in [-0.05, 0) is 111 Å². The zero-order valence-electron chi connectivity index (χ0n) is 59.7. The molecule has 4 fully saturated rings. The number of primary sulfonamides is 1. The van der Waals surface area contributed by atoms with Crippen molar-refractivity contribution in [3.05, 3.63) is 231 Å². The Morgan fingerprint density at radius 1 is 0.364 bits per heavy atom. The number of aromatic carboxylic acids is 2. The lowest BCUT2D eigenvalue weighted by Crippen LogP contribution is -2.31. The number of carboxylic acid groups (broad SMARTS) is 2. The lowest BCUT2D eigenvalue weighted by atomic mass is 10.3. The summed E-state index contributed by atoms with van der Waals surface area (Å²) in [7, 11) is -11.7. The summed E-state index contributed by atoms with van der Waals surface area (Å²) in [6.45, 7) is 0. The normalized spacial score (nSPS) is 18.3. The van der Waals surface area contributed by atoms with E-state index in [1.807, 2.05) is 9.44 Å². The fraction of sp³-hybridized carbons (Fsp3) is 0.239. The molecule has 8 heterocycles. The predicted octanol–water partition coefficient (Wildman–Crippen LogP) is 13.6. The van der Waals surface area contributed by atoms with Crippen molar-refractivity contribution >= 4 is 100 Å². The number of nitrogens with two attached hydrogens (primary N) is 1. The highest BCUT2D eigenvalue weighted by molar-refractivity contribution is 7.90. The van der Waals surface area contributed by atoms with Crippen LogP contribution in [-0.2, 0) is 30.1 Å². The molecule has 0 aliphatic heterocycles. The molecule has 0 saturated heterocycles. The van der Waals surface area contributed by atoms with Crippen LogP contribution in [0.15, 0.2) is 203 Å². The summed E-state index contributed by atoms with van der Waals surface area (Å²) in [6.07, 6.45) is -15.7. The number of carbonyl (C=O) groups is 4. The standard InChI is InChI=1S/2C19H14ClF3N4O4S.2C13H9ClF3N3O3.C6H7NO2S.CH4/c2*20-17-12(18(28)26-32(29,30)11-4-2-1-3-5-11)6-7-15(24-17)27-9-8-16(25-27)31-14-10-13(14)19(21,22)23;2*14-11-6(12(21)22)1-2-9(18-11)20-4-3-10(19-20)23-8-5-7(8)13(15,16)17;7-10(8,9)6-4-2-1-3-5-6;/h2*1-9,13-14H,10H2,(H,26,28);2*1-4,7-8H,5H2,(H,21,22);1-5H,(H2,7,8,9);1H4/t2*13-,14+;2*7-,8+;;/m1010../s1. The first-order valence-electron chi connectivity index (χ1n) is 33.8. The van der Waals surface area contributed by atoms with Crippen LogP contribution in [0.1, 0.15) is 74.5 Å². The van der Waals surface area contributed by atoms with Gasteiger partial charge < -0.3 is 29.2 Å². The van der Waals surface area contributed by atoms with Gasteiger partial charge in [-0.25, -0.2) is 88.1 Å². The second-order valence-corrected chi connectivity index (χ2v) is 31.9. The van der Waals surface area contributed by atoms with Crippen LogP contribution in [0, 0.1) is 23.7 Å². The van der Waals surface area contributed by atoms with Crippen LogP contribution in [0.25, 0.3) is 23.3 Å². The number of amides is 2. The molecule has 11 aromatic rings. The van der Waals surface area contributed by atoms with Crippen LogP contribution in [0.5, 0.6) is 23.5 Å². The minimum absolute atomic E-state index is 0. The fourth-order valence-corrected chi connectivity index (χ4v) is 13.8. The highest BCUT2D eigenvalue weighted by Crippen LogP contribution is 2.50. The van der Waals surface area contributed by atoms with Crippen molar-refractivity contribution < 1.29 is 126 Å². The predicted molar refractivity (Wildman–Crippen MR) is 400 cm³/mol. The van der Waals surface area contributed by atoms with Crippen LogP contribution < -0.4 is 33.5 Å². The number of aromatic nitrogens is 12. The number of carbonyl (C=O) groups excluding carboxylic acids is 2. The smallest absolute Gasteiger partial charge is 0.395 e. The molecule has 642 valence electrons. The fourth-order valence-electron chi connectivity index (χ4n) is 10.3. The topological polar surface area (TPSA) is 421 Å². The minimum atomic E-state index is -4.31. The Bertz CT molecular complexity index is 5640. The summed E-state index contributed by atoms with van der Waals surface area (Å²) >= 11 is 23.6. The van der Waals surface area contributed by atoms with Gasteiger partial charge in [-0.3, -0.25) is 9.59 Å². The molecular formula is C71H57Cl4F12N15O16S3. The van der Waals surface area contributed by atoms with E-state index in [0.29, 0.717) is 0 Å². The number of nitrogens with one attached hydrogen (secondary N) is 2. The number of ether oxygens (including phenoxy) is 4. The molecule has 0 radical (unpaired) electrons. The summed E-state index contributed by atoms with van der Waals surface area (Å²) < 4.78 is 250. The average molecular weight is 1840 g/mol. The summed E-state index contributed by atoms with van der Waals surface area (Å²) in [4.78, 5) is 62.2. The van der Waals surface area contributed by atoms with Crippen molar-refractivity contribution in [2.24, 2.45) is 28.8 Å². The van der Waals surface area contributed by atoms with Crippen LogP contribution in [-0.4, -0.2) is 167 Å². The largest absolute Gasteiger partial charge is 0.478 e. The molecule has 8 aromatic heterocycles. The molecule has 121 heavy (non-hydrogen) atoms. The lowest BCUT2D eigenvalue weighted by Gasteiger charge is -2.09. The number of hydrogen-bond donors (Lipinski definition) is 5. The van der Waals surface area contributed by atoms with E-state index in [1.165, 1.54) is 177 Å². The number of benzene rings is 3. The maximum absolute atomic E-state index is 12.6. The van der Waals surface area contributed by atoms with E-state index >= 15 is 0 Å². The van der Waals surface area contributed by atoms with Gasteiger partial charge in [0.1, 0.15) is 45.0 Å². The Morgan fingerprint density at radius 3 is 0.777 bits per heavy atom. The number of rotatable bonds is 21. The van der Waals surface area contributed by atoms with Gasteiger partial charge in [0.25, 0.3) is 31.9 Å². The van der Waals surface area contributed by atoms with E-state index < -0.39 is 127 Å². The van der Waals surface area contributed by atoms with Gasteiger partial charge >= 0.3 is 36.6 Å². The monoisotopic (exact) mass is 1840 g/mol. The number of nitrogens with zero attached hydrogens (tertiary/aromatic N) is 12. The molecule has 3 aromatic carbocycles. The second kappa shape index (κ2) is 36.7. The molecular weight excluding hydrogens is 1780 g/mol. The number of hydrogen-bond acceptors (Lipinski definition) is 22. The van der Waals surface area contributed by atoms with E-state index in [0.717, 1.165) is 0 Å². The first kappa shape index (κ1) is 91.6. The van der Waals surface area contributed by atoms with Crippen LogP contribution >= 0.6 is 46.4 Å². The van der Waals surface area contributed by atoms with Gasteiger partial charge in [0.15, 0.2) is 23.3 Å². The van der Waals surface area contributed by atoms with Crippen molar-refractivity contribution in [2.45, 2.75) is 96.9 Å². The molecule has 6 N–H and O–H groups in total. The van der Waals surface area contributed by atoms with Gasteiger partial charge in [0.05, 0.1) is 60.6 Å². The van der Waals surface area contributed by atoms with Crippen molar-refractivity contribution in [3.63, 3.8) is 0 Å². The number of halogens is 16. The molecule has 0 unspecified atom stereocenters. The first-order valence-corrected chi connectivity index (χ1v) is 39.9. The van der Waals surface area contributed by atoms with Crippen LogP contribution in [0.3, 0.4) is 0 Å². The molecule has 4 saturated carbocycles. The summed E-state index contributed by atoms with van der Waals surface area (Å²) in [5.74, 6) is -9.57. The Balaban J connectivity index is 0.000000164. The molecule has 2 amide bonds. The van der Waals surface area contributed by atoms with E-state index in [9.17, 15) is 97.1 Å². The highest BCUT2D eigenvalue weighted by atomic mass is 35.5. The summed E-state index contributed by atoms with van der Waals surface area (Å²) in [5.41, 5.74) is -0.704. The number of alkyl halides is 12. The van der Waals surface area contributed by atoms with E-state index in [1.54, 1.807) is 30.3 Å². The maximum atomic E-state index is 12.6. The zero-order valence-corrected chi connectivity index (χ0v) is 65.1. The molecule has 50 heteroatoms. The van der Waals surface area contributed by atoms with Crippen molar-refractivity contribution in [1.29, 1.82) is 0 Å². The molecule has 0 spiro atoms. The summed E-state index contributed by atoms with van der Waals surface area (Å²) in [5, 5.41) is 37.5. The molecule has 4 aliphatic rings. The van der Waals surface area contributed by atoms with E-state index in [4.69, 9.17) is 80.7 Å². The van der Waals surface area contributed by atoms with Crippen molar-refractivity contribution in [3.8, 4) is 46.8 Å². The van der Waals surface area contributed by atoms with Crippen molar-refractivity contribution in [1.82, 2.24) is 68.5 Å². The second-order valence-electron chi connectivity index (χ2n) is 25.5. The van der Waals surface area contributed by atoms with Gasteiger partial charge in [-0.15, -0.1) is 20.4 Å². The first-order chi connectivity index (χ1) is 56.2. The maximum Gasteiger partial charge on any atom is 0.395 e. The third-order valence-electron chi connectivity index (χ3n) is 16.8. The van der Waals surface area contributed by atoms with Crippen molar-refractivity contribution in [2.75, 3.05) is 0 Å². The van der Waals surface area contributed by atoms with Crippen LogP contribution in [0.2, 0.25) is 20.6 Å². The Labute approximate surface area is 695 Å². The third-order valence-corrected chi connectivity index (χ3v) is 21.6. The third kappa shape index (κ3) is 24.3. The Kier molecular flexibility index (Phi) is 27.8. The van der Waals surface area contributed by atoms with Gasteiger partial charge in [-0.2, -0.15) is 52.7 Å². The molecule has 31 nitrogen and oxygen atoms in total. The quantitative estimate of drug-likeness (QED) is 0.0329. The number of pyridine rings is 4. The highest BCUT2D eigenvalue weighted by Gasteiger charge is 2.60. The molecule has 4 aliphatic carbocycles. The lowest BCUT2D eigenvalue weighted by molar-refractivity contribution is -0.154. The SMILES string of the molecule is C.NS(=O)(=O)c1ccccc1.O=C(NS(=O)(=O)c1ccccc1)c1ccc(-n2ccc(O[C@@H]3C[C@@H]3C(F)(F)F)n2)nc1Cl.O=C(NS(=O)(=O)c1ccccc1)c1ccc(-n2ccc(O[C@H]3C[C@H]3C(F)(F)F)n2)nc1Cl.O=C(O)c1ccc(-n2ccc(O[C@@H]3C[C@@H]3C(F)(F)F)n2)nc1Cl.O=C(O)c1ccc(-n2ccc(O[C@H]3C[C@H]3C(F)(F)F)n2)nc1Cl. The summed E-state index contributed by atoms with van der Waals surface area (Å²) in [6, 6.07) is 38.5. The Morgan fingerprint density at radius 2 is 0.587 bits per heavy atom. The van der Waals surface area contributed by atoms with Gasteiger partial charge in [0.2, 0.25) is 33.5 Å². The molecule has 8 atom stereocenters. The minimum Gasteiger partial charge on any atom is -0.478 e. The zero-order chi connectivity index (χ0) is 87.4. The van der Waals surface area contributed by atoms with Crippen LogP contribution in [0.4, 0.5) is 52.7 Å². The van der Waals surface area contributed by atoms with Gasteiger partial charge in [-0.1, -0.05) is 108 Å². The number of carboxylic acids is 2. The molecule has 15 rings (SSSR count). The average Bonchev–Trinajstić information content (AvgIpc) is 1.63. The van der Waals surface area contributed by atoms with Gasteiger partial charge in [0, 0.05) is 49.1 Å². The van der Waals surface area contributed by atoms with E-state index in [2.05, 4.69) is 40.3 Å². The van der Waals surface area contributed by atoms with E-state index in [-0.39, 0.29) is 137 Å². The molecule has 0 bridgehead atoms. The Hall–Kier alpha value is -11.7.